The Kier molecular flexibility index (Phi) is 3.28. The van der Waals surface area contributed by atoms with Gasteiger partial charge in [0.05, 0.1) is 6.54 Å². The van der Waals surface area contributed by atoms with Crippen molar-refractivity contribution >= 4 is 17.9 Å². The number of imide groups is 1. The van der Waals surface area contributed by atoms with E-state index in [9.17, 15) is 14.4 Å². The highest BCUT2D eigenvalue weighted by atomic mass is 16.4. The third-order valence-corrected chi connectivity index (χ3v) is 2.17. The Bertz CT molecular complexity index is 284. The predicted octanol–water partition coefficient (Wildman–Crippen LogP) is 0.0375. The smallest absolute Gasteiger partial charge is 0.326 e. The molecule has 3 amide bonds. The van der Waals surface area contributed by atoms with Crippen molar-refractivity contribution in [2.75, 3.05) is 6.54 Å². The van der Waals surface area contributed by atoms with Crippen LogP contribution in [0.1, 0.15) is 20.3 Å². The topological polar surface area (TPSA) is 86.7 Å². The second-order valence-electron chi connectivity index (χ2n) is 3.91. The molecule has 0 unspecified atom stereocenters. The van der Waals surface area contributed by atoms with Crippen LogP contribution in [-0.2, 0) is 9.59 Å². The third-order valence-electron chi connectivity index (χ3n) is 2.17. The fraction of sp³-hybridized carbons (Fsp3) is 0.667. The van der Waals surface area contributed by atoms with Gasteiger partial charge in [-0.25, -0.2) is 14.5 Å². The molecule has 15 heavy (non-hydrogen) atoms. The number of amides is 3. The van der Waals surface area contributed by atoms with E-state index in [0.29, 0.717) is 0 Å². The van der Waals surface area contributed by atoms with Crippen LogP contribution in [0, 0.1) is 5.92 Å². The number of nitrogens with zero attached hydrogens (tertiary/aromatic N) is 1. The van der Waals surface area contributed by atoms with Gasteiger partial charge in [0.1, 0.15) is 6.04 Å². The van der Waals surface area contributed by atoms with E-state index in [4.69, 9.17) is 5.11 Å². The maximum absolute atomic E-state index is 11.3. The number of aliphatic carboxylic acids is 1. The molecule has 0 bridgehead atoms. The second-order valence-corrected chi connectivity index (χ2v) is 3.91. The van der Waals surface area contributed by atoms with Crippen LogP contribution < -0.4 is 5.32 Å². The number of rotatable bonds is 4. The zero-order valence-electron chi connectivity index (χ0n) is 8.69. The van der Waals surface area contributed by atoms with Crippen molar-refractivity contribution in [2.45, 2.75) is 26.3 Å². The van der Waals surface area contributed by atoms with Crippen molar-refractivity contribution in [1.29, 1.82) is 0 Å². The molecule has 2 N–H and O–H groups in total. The summed E-state index contributed by atoms with van der Waals surface area (Å²) in [7, 11) is 0. The molecular weight excluding hydrogens is 200 g/mol. The summed E-state index contributed by atoms with van der Waals surface area (Å²) < 4.78 is 0. The average Bonchev–Trinajstić information content (AvgIpc) is 2.42. The standard InChI is InChI=1S/C9H14N2O4/c1-5(2)3-6(8(13)14)11-7(12)4-10-9(11)15/h5-6H,3-4H2,1-2H3,(H,10,15)(H,13,14)/t6-/m1/s1. The van der Waals surface area contributed by atoms with Gasteiger partial charge in [-0.1, -0.05) is 13.8 Å². The Hall–Kier alpha value is -1.59. The highest BCUT2D eigenvalue weighted by Gasteiger charge is 2.38. The Balaban J connectivity index is 2.83. The van der Waals surface area contributed by atoms with Crippen LogP contribution in [0.2, 0.25) is 0 Å². The highest BCUT2D eigenvalue weighted by Crippen LogP contribution is 2.14. The number of carboxylic acids is 1. The zero-order chi connectivity index (χ0) is 11.6. The van der Waals surface area contributed by atoms with Crippen molar-refractivity contribution in [3.63, 3.8) is 0 Å². The molecule has 0 spiro atoms. The van der Waals surface area contributed by atoms with E-state index in [1.807, 2.05) is 13.8 Å². The molecule has 0 aromatic rings. The molecule has 0 saturated carbocycles. The summed E-state index contributed by atoms with van der Waals surface area (Å²) >= 11 is 0. The van der Waals surface area contributed by atoms with Gasteiger partial charge in [0.25, 0.3) is 5.91 Å². The van der Waals surface area contributed by atoms with Crippen molar-refractivity contribution < 1.29 is 19.5 Å². The van der Waals surface area contributed by atoms with E-state index < -0.39 is 23.9 Å². The van der Waals surface area contributed by atoms with Crippen LogP contribution in [0.5, 0.6) is 0 Å². The molecule has 0 aromatic carbocycles. The molecule has 1 rings (SSSR count). The molecule has 0 aromatic heterocycles. The van der Waals surface area contributed by atoms with Gasteiger partial charge in [0.2, 0.25) is 0 Å². The molecule has 1 atom stereocenters. The van der Waals surface area contributed by atoms with Crippen LogP contribution >= 0.6 is 0 Å². The largest absolute Gasteiger partial charge is 0.480 e. The summed E-state index contributed by atoms with van der Waals surface area (Å²) in [6, 6.07) is -1.67. The first-order valence-electron chi connectivity index (χ1n) is 4.76. The number of hydrogen-bond donors (Lipinski definition) is 2. The first-order chi connectivity index (χ1) is 6.93. The second kappa shape index (κ2) is 4.29. The van der Waals surface area contributed by atoms with E-state index in [1.54, 1.807) is 0 Å². The third kappa shape index (κ3) is 2.45. The van der Waals surface area contributed by atoms with Crippen molar-refractivity contribution in [3.8, 4) is 0 Å². The van der Waals surface area contributed by atoms with Crippen LogP contribution in [0.4, 0.5) is 4.79 Å². The minimum absolute atomic E-state index is 0.104. The molecule has 1 heterocycles. The molecule has 6 nitrogen and oxygen atoms in total. The first kappa shape index (κ1) is 11.5. The number of carbonyl (C=O) groups excluding carboxylic acids is 2. The summed E-state index contributed by atoms with van der Waals surface area (Å²) in [6.07, 6.45) is 0.272. The number of hydrogen-bond acceptors (Lipinski definition) is 3. The number of urea groups is 1. The van der Waals surface area contributed by atoms with Crippen LogP contribution in [-0.4, -0.2) is 40.5 Å². The lowest BCUT2D eigenvalue weighted by Gasteiger charge is -2.22. The minimum Gasteiger partial charge on any atom is -0.480 e. The summed E-state index contributed by atoms with van der Waals surface area (Å²) in [6.45, 7) is 3.57. The minimum atomic E-state index is -1.14. The number of nitrogens with one attached hydrogen (secondary N) is 1. The molecule has 84 valence electrons. The molecule has 1 fully saturated rings. The van der Waals surface area contributed by atoms with Crippen molar-refractivity contribution in [2.24, 2.45) is 5.92 Å². The molecule has 0 aliphatic carbocycles. The summed E-state index contributed by atoms with van der Waals surface area (Å²) in [4.78, 5) is 34.3. The normalized spacial score (nSPS) is 18.2. The van der Waals surface area contributed by atoms with Crippen molar-refractivity contribution in [3.05, 3.63) is 0 Å². The van der Waals surface area contributed by atoms with Crippen LogP contribution in [0.3, 0.4) is 0 Å². The first-order valence-corrected chi connectivity index (χ1v) is 4.76. The lowest BCUT2D eigenvalue weighted by molar-refractivity contribution is -0.146. The predicted molar refractivity (Wildman–Crippen MR) is 51.1 cm³/mol. The van der Waals surface area contributed by atoms with Gasteiger partial charge in [0.15, 0.2) is 0 Å². The van der Waals surface area contributed by atoms with Gasteiger partial charge < -0.3 is 10.4 Å². The van der Waals surface area contributed by atoms with Crippen molar-refractivity contribution in [1.82, 2.24) is 10.2 Å². The molecule has 1 aliphatic heterocycles. The van der Waals surface area contributed by atoms with Gasteiger partial charge in [0, 0.05) is 0 Å². The van der Waals surface area contributed by atoms with E-state index in [1.165, 1.54) is 0 Å². The van der Waals surface area contributed by atoms with Gasteiger partial charge in [-0.15, -0.1) is 0 Å². The lowest BCUT2D eigenvalue weighted by Crippen LogP contribution is -2.46. The number of carboxylic acid groups (broad SMARTS) is 1. The Morgan fingerprint density at radius 1 is 1.53 bits per heavy atom. The Morgan fingerprint density at radius 3 is 2.47 bits per heavy atom. The monoisotopic (exact) mass is 214 g/mol. The maximum atomic E-state index is 11.3. The fourth-order valence-corrected chi connectivity index (χ4v) is 1.51. The van der Waals surface area contributed by atoms with E-state index in [2.05, 4.69) is 5.32 Å². The van der Waals surface area contributed by atoms with E-state index in [-0.39, 0.29) is 18.9 Å². The van der Waals surface area contributed by atoms with Gasteiger partial charge in [-0.05, 0) is 12.3 Å². The van der Waals surface area contributed by atoms with Crippen LogP contribution in [0.25, 0.3) is 0 Å². The average molecular weight is 214 g/mol. The molecule has 0 radical (unpaired) electrons. The van der Waals surface area contributed by atoms with Crippen LogP contribution in [0.15, 0.2) is 0 Å². The SMILES string of the molecule is CC(C)C[C@H](C(=O)O)N1C(=O)CNC1=O. The highest BCUT2D eigenvalue weighted by molar-refractivity contribution is 6.04. The molecular formula is C9H14N2O4. The quantitative estimate of drug-likeness (QED) is 0.647. The summed E-state index contributed by atoms with van der Waals surface area (Å²) in [5, 5.41) is 11.2. The molecule has 1 aliphatic rings. The van der Waals surface area contributed by atoms with Gasteiger partial charge in [-0.2, -0.15) is 0 Å². The molecule has 6 heteroatoms. The van der Waals surface area contributed by atoms with E-state index in [0.717, 1.165) is 4.90 Å². The lowest BCUT2D eigenvalue weighted by atomic mass is 10.0. The summed E-state index contributed by atoms with van der Waals surface area (Å²) in [5.74, 6) is -1.52. The van der Waals surface area contributed by atoms with Gasteiger partial charge >= 0.3 is 12.0 Å². The van der Waals surface area contributed by atoms with E-state index >= 15 is 0 Å². The van der Waals surface area contributed by atoms with Gasteiger partial charge in [-0.3, -0.25) is 4.79 Å². The zero-order valence-corrected chi connectivity index (χ0v) is 8.69. The molecule has 1 saturated heterocycles. The Labute approximate surface area is 87.2 Å². The maximum Gasteiger partial charge on any atom is 0.326 e. The number of carbonyl (C=O) groups is 3. The Morgan fingerprint density at radius 2 is 2.13 bits per heavy atom. The fourth-order valence-electron chi connectivity index (χ4n) is 1.51. The summed E-state index contributed by atoms with van der Waals surface area (Å²) in [5.41, 5.74) is 0.